The van der Waals surface area contributed by atoms with E-state index in [1.165, 1.54) is 31.4 Å². The van der Waals surface area contributed by atoms with Gasteiger partial charge in [0.1, 0.15) is 17.6 Å². The number of benzene rings is 1. The molecule has 33 heavy (non-hydrogen) atoms. The number of aliphatic hydroxyl groups excluding tert-OH is 1. The predicted octanol–water partition coefficient (Wildman–Crippen LogP) is 2.38. The first-order chi connectivity index (χ1) is 16.1. The molecule has 4 rings (SSSR count). The third-order valence-electron chi connectivity index (χ3n) is 6.58. The van der Waals surface area contributed by atoms with Gasteiger partial charge in [0.2, 0.25) is 5.91 Å². The van der Waals surface area contributed by atoms with Crippen LogP contribution in [0.15, 0.2) is 30.5 Å². The molecule has 0 saturated carbocycles. The Kier molecular flexibility index (Phi) is 8.41. The highest BCUT2D eigenvalue weighted by Crippen LogP contribution is 2.23. The van der Waals surface area contributed by atoms with Crippen molar-refractivity contribution < 1.29 is 19.0 Å². The molecule has 1 amide bonds. The third-order valence-corrected chi connectivity index (χ3v) is 6.58. The van der Waals surface area contributed by atoms with Crippen LogP contribution in [0.4, 0.5) is 4.39 Å². The van der Waals surface area contributed by atoms with Gasteiger partial charge in [-0.05, 0) is 57.3 Å². The van der Waals surface area contributed by atoms with E-state index < -0.39 is 6.10 Å². The number of aromatic nitrogens is 3. The number of halogens is 1. The normalized spacial score (nSPS) is 24.0. The molecule has 3 atom stereocenters. The highest BCUT2D eigenvalue weighted by Gasteiger charge is 2.31. The van der Waals surface area contributed by atoms with Gasteiger partial charge in [-0.2, -0.15) is 0 Å². The van der Waals surface area contributed by atoms with Crippen LogP contribution in [0.25, 0.3) is 11.3 Å². The number of rotatable bonds is 9. The van der Waals surface area contributed by atoms with Gasteiger partial charge >= 0.3 is 0 Å². The highest BCUT2D eigenvalue weighted by atomic mass is 19.1. The minimum Gasteiger partial charge on any atom is -0.394 e. The summed E-state index contributed by atoms with van der Waals surface area (Å²) in [4.78, 5) is 14.8. The van der Waals surface area contributed by atoms with Crippen molar-refractivity contribution in [2.75, 3.05) is 26.2 Å². The number of likely N-dealkylation sites (tertiary alicyclic amines) is 1. The molecule has 2 fully saturated rings. The molecule has 0 spiro atoms. The summed E-state index contributed by atoms with van der Waals surface area (Å²) >= 11 is 0. The molecule has 9 heteroatoms. The monoisotopic (exact) mass is 459 g/mol. The van der Waals surface area contributed by atoms with Crippen LogP contribution in [0.3, 0.4) is 0 Å². The van der Waals surface area contributed by atoms with E-state index in [0.717, 1.165) is 38.9 Å². The van der Waals surface area contributed by atoms with Crippen LogP contribution in [0.5, 0.6) is 0 Å². The van der Waals surface area contributed by atoms with Crippen molar-refractivity contribution in [2.24, 2.45) is 0 Å². The van der Waals surface area contributed by atoms with E-state index in [1.54, 1.807) is 23.0 Å². The molecule has 2 aromatic rings. The predicted molar refractivity (Wildman–Crippen MR) is 122 cm³/mol. The van der Waals surface area contributed by atoms with Gasteiger partial charge in [0.15, 0.2) is 0 Å². The van der Waals surface area contributed by atoms with E-state index in [4.69, 9.17) is 4.74 Å². The van der Waals surface area contributed by atoms with Crippen molar-refractivity contribution >= 4 is 5.91 Å². The molecule has 2 saturated heterocycles. The smallest absolute Gasteiger partial charge is 0.221 e. The van der Waals surface area contributed by atoms with Crippen LogP contribution in [0.2, 0.25) is 0 Å². The molecule has 0 unspecified atom stereocenters. The van der Waals surface area contributed by atoms with E-state index in [0.29, 0.717) is 24.2 Å². The Morgan fingerprint density at radius 3 is 2.85 bits per heavy atom. The van der Waals surface area contributed by atoms with Crippen molar-refractivity contribution in [2.45, 2.75) is 69.7 Å². The number of nitrogens with one attached hydrogen (secondary N) is 1. The number of aryl methyl sites for hydroxylation is 1. The Hall–Kier alpha value is -2.36. The van der Waals surface area contributed by atoms with Crippen LogP contribution < -0.4 is 5.32 Å². The zero-order valence-electron chi connectivity index (χ0n) is 19.0. The van der Waals surface area contributed by atoms with Crippen molar-refractivity contribution in [1.29, 1.82) is 0 Å². The molecule has 1 aromatic carbocycles. The molecule has 2 N–H and O–H groups in total. The van der Waals surface area contributed by atoms with Crippen molar-refractivity contribution in [3.63, 3.8) is 0 Å². The zero-order valence-corrected chi connectivity index (χ0v) is 19.0. The lowest BCUT2D eigenvalue weighted by Gasteiger charge is -2.36. The van der Waals surface area contributed by atoms with Gasteiger partial charge in [0.25, 0.3) is 0 Å². The van der Waals surface area contributed by atoms with E-state index in [1.807, 2.05) is 0 Å². The standard InChI is InChI=1S/C24H34FN5O3/c25-19-6-4-5-18(15-19)22-16-30(28-27-22)14-9-20-7-8-21(23(17-31)33-20)26-24(32)10-13-29-11-2-1-3-12-29/h4-6,15-16,20-21,23,31H,1-3,7-14,17H2,(H,26,32)/t20-,21+,23-/m1/s1. The maximum atomic E-state index is 13.4. The summed E-state index contributed by atoms with van der Waals surface area (Å²) in [5.41, 5.74) is 1.31. The average molecular weight is 460 g/mol. The number of carbonyl (C=O) groups excluding carboxylic acids is 1. The number of hydrogen-bond donors (Lipinski definition) is 2. The molecule has 2 aliphatic rings. The van der Waals surface area contributed by atoms with Crippen molar-refractivity contribution in [1.82, 2.24) is 25.2 Å². The zero-order chi connectivity index (χ0) is 23.0. The van der Waals surface area contributed by atoms with E-state index in [9.17, 15) is 14.3 Å². The summed E-state index contributed by atoms with van der Waals surface area (Å²) in [5, 5.41) is 21.2. The van der Waals surface area contributed by atoms with Gasteiger partial charge in [-0.25, -0.2) is 4.39 Å². The Labute approximate surface area is 194 Å². The van der Waals surface area contributed by atoms with Gasteiger partial charge in [0, 0.05) is 25.1 Å². The lowest BCUT2D eigenvalue weighted by molar-refractivity contribution is -0.129. The van der Waals surface area contributed by atoms with Gasteiger partial charge in [-0.15, -0.1) is 5.10 Å². The van der Waals surface area contributed by atoms with Gasteiger partial charge < -0.3 is 20.1 Å². The first-order valence-corrected chi connectivity index (χ1v) is 12.0. The van der Waals surface area contributed by atoms with Crippen molar-refractivity contribution in [3.8, 4) is 11.3 Å². The quantitative estimate of drug-likeness (QED) is 0.598. The second kappa shape index (κ2) is 11.7. The van der Waals surface area contributed by atoms with Crippen LogP contribution in [0, 0.1) is 5.82 Å². The average Bonchev–Trinajstić information content (AvgIpc) is 3.32. The fraction of sp³-hybridized carbons (Fsp3) is 0.625. The first-order valence-electron chi connectivity index (χ1n) is 12.0. The first kappa shape index (κ1) is 23.8. The second-order valence-electron chi connectivity index (χ2n) is 9.05. The Balaban J connectivity index is 1.21. The molecule has 8 nitrogen and oxygen atoms in total. The maximum Gasteiger partial charge on any atom is 0.221 e. The lowest BCUT2D eigenvalue weighted by Crippen LogP contribution is -2.51. The highest BCUT2D eigenvalue weighted by molar-refractivity contribution is 5.76. The third kappa shape index (κ3) is 6.82. The summed E-state index contributed by atoms with van der Waals surface area (Å²) < 4.78 is 21.3. The SMILES string of the molecule is O=C(CCN1CCCCC1)N[C@H]1CC[C@H](CCn2cc(-c3cccc(F)c3)nn2)O[C@@H]1CO. The maximum absolute atomic E-state index is 13.4. The van der Waals surface area contributed by atoms with Crippen molar-refractivity contribution in [3.05, 3.63) is 36.3 Å². The number of nitrogens with zero attached hydrogens (tertiary/aromatic N) is 4. The molecule has 1 aromatic heterocycles. The van der Waals surface area contributed by atoms with E-state index in [-0.39, 0.29) is 30.5 Å². The second-order valence-corrected chi connectivity index (χ2v) is 9.05. The summed E-state index contributed by atoms with van der Waals surface area (Å²) in [6.07, 6.45) is 7.87. The number of carbonyl (C=O) groups is 1. The number of piperidine rings is 1. The van der Waals surface area contributed by atoms with Gasteiger partial charge in [-0.1, -0.05) is 23.8 Å². The van der Waals surface area contributed by atoms with Crippen LogP contribution in [0.1, 0.15) is 44.9 Å². The van der Waals surface area contributed by atoms with Gasteiger partial charge in [0.05, 0.1) is 24.9 Å². The number of ether oxygens (including phenoxy) is 1. The largest absolute Gasteiger partial charge is 0.394 e. The topological polar surface area (TPSA) is 92.5 Å². The molecule has 2 aliphatic heterocycles. The molecule has 0 radical (unpaired) electrons. The number of amides is 1. The minimum absolute atomic E-state index is 0.0227. The number of hydrogen-bond acceptors (Lipinski definition) is 6. The summed E-state index contributed by atoms with van der Waals surface area (Å²) in [5.74, 6) is -0.278. The summed E-state index contributed by atoms with van der Waals surface area (Å²) in [6.45, 7) is 3.44. The van der Waals surface area contributed by atoms with Gasteiger partial charge in [-0.3, -0.25) is 9.48 Å². The van der Waals surface area contributed by atoms with Crippen LogP contribution in [-0.2, 0) is 16.1 Å². The summed E-state index contributed by atoms with van der Waals surface area (Å²) in [7, 11) is 0. The molecule has 180 valence electrons. The van der Waals surface area contributed by atoms with Crippen LogP contribution >= 0.6 is 0 Å². The molecule has 0 aliphatic carbocycles. The fourth-order valence-corrected chi connectivity index (χ4v) is 4.69. The Bertz CT molecular complexity index is 902. The Morgan fingerprint density at radius 1 is 1.21 bits per heavy atom. The Morgan fingerprint density at radius 2 is 2.06 bits per heavy atom. The molecule has 0 bridgehead atoms. The number of aliphatic hydroxyl groups is 1. The van der Waals surface area contributed by atoms with E-state index >= 15 is 0 Å². The lowest BCUT2D eigenvalue weighted by atomic mass is 9.97. The minimum atomic E-state index is -0.402. The summed E-state index contributed by atoms with van der Waals surface area (Å²) in [6, 6.07) is 6.12. The van der Waals surface area contributed by atoms with Crippen LogP contribution in [-0.4, -0.2) is 75.4 Å². The van der Waals surface area contributed by atoms with E-state index in [2.05, 4.69) is 20.5 Å². The molecule has 3 heterocycles. The molecular formula is C24H34FN5O3. The fourth-order valence-electron chi connectivity index (χ4n) is 4.69. The molecular weight excluding hydrogens is 425 g/mol.